The number of rotatable bonds is 8. The van der Waals surface area contributed by atoms with Crippen LogP contribution in [-0.4, -0.2) is 28.5 Å². The molecular weight excluding hydrogens is 404 g/mol. The second-order valence-corrected chi connectivity index (χ2v) is 8.02. The molecule has 2 N–H and O–H groups in total. The summed E-state index contributed by atoms with van der Waals surface area (Å²) in [6.45, 7) is 0.221. The summed E-state index contributed by atoms with van der Waals surface area (Å²) in [6, 6.07) is 19.7. The predicted octanol–water partition coefficient (Wildman–Crippen LogP) is 3.43. The molecule has 0 heterocycles. The van der Waals surface area contributed by atoms with Gasteiger partial charge in [0.25, 0.3) is 15.9 Å². The standard InChI is InChI=1S/C22H22N2O5S/c1-28-20-13-7-9-17(21(20)29-2)15-23-22(25)16-8-6-10-18(14-16)24-30(26,27)19-11-4-3-5-12-19/h3-14,24H,15H2,1-2H3,(H,23,25). The molecule has 0 aromatic heterocycles. The van der Waals surface area contributed by atoms with Crippen molar-refractivity contribution < 1.29 is 22.7 Å². The average Bonchev–Trinajstić information content (AvgIpc) is 2.77. The van der Waals surface area contributed by atoms with Gasteiger partial charge in [-0.1, -0.05) is 36.4 Å². The normalized spacial score (nSPS) is 10.9. The minimum absolute atomic E-state index is 0.143. The van der Waals surface area contributed by atoms with Gasteiger partial charge in [0.05, 0.1) is 19.1 Å². The van der Waals surface area contributed by atoms with Gasteiger partial charge in [0.15, 0.2) is 11.5 Å². The van der Waals surface area contributed by atoms with Crippen LogP contribution in [0.1, 0.15) is 15.9 Å². The van der Waals surface area contributed by atoms with Crippen molar-refractivity contribution in [1.29, 1.82) is 0 Å². The van der Waals surface area contributed by atoms with E-state index in [0.717, 1.165) is 5.56 Å². The number of hydrogen-bond acceptors (Lipinski definition) is 5. The first-order valence-corrected chi connectivity index (χ1v) is 10.6. The molecule has 3 aromatic rings. The summed E-state index contributed by atoms with van der Waals surface area (Å²) in [4.78, 5) is 12.7. The van der Waals surface area contributed by atoms with E-state index >= 15 is 0 Å². The Balaban J connectivity index is 1.73. The lowest BCUT2D eigenvalue weighted by atomic mass is 10.1. The number of para-hydroxylation sites is 1. The van der Waals surface area contributed by atoms with E-state index in [2.05, 4.69) is 10.0 Å². The summed E-state index contributed by atoms with van der Waals surface area (Å²) >= 11 is 0. The van der Waals surface area contributed by atoms with Gasteiger partial charge in [-0.15, -0.1) is 0 Å². The van der Waals surface area contributed by atoms with Crippen LogP contribution in [-0.2, 0) is 16.6 Å². The number of anilines is 1. The SMILES string of the molecule is COc1cccc(CNC(=O)c2cccc(NS(=O)(=O)c3ccccc3)c2)c1OC. The zero-order valence-electron chi connectivity index (χ0n) is 16.6. The van der Waals surface area contributed by atoms with Gasteiger partial charge in [0.2, 0.25) is 0 Å². The van der Waals surface area contributed by atoms with Crippen molar-refractivity contribution in [3.8, 4) is 11.5 Å². The minimum atomic E-state index is -3.74. The second-order valence-electron chi connectivity index (χ2n) is 6.33. The van der Waals surface area contributed by atoms with Crippen LogP contribution in [0, 0.1) is 0 Å². The number of carbonyl (C=O) groups excluding carboxylic acids is 1. The lowest BCUT2D eigenvalue weighted by molar-refractivity contribution is 0.0950. The quantitative estimate of drug-likeness (QED) is 0.576. The highest BCUT2D eigenvalue weighted by Gasteiger charge is 2.15. The lowest BCUT2D eigenvalue weighted by Crippen LogP contribution is -2.23. The molecule has 3 aromatic carbocycles. The molecule has 156 valence electrons. The average molecular weight is 426 g/mol. The van der Waals surface area contributed by atoms with E-state index < -0.39 is 10.0 Å². The Hall–Kier alpha value is -3.52. The van der Waals surface area contributed by atoms with Gasteiger partial charge in [-0.05, 0) is 36.4 Å². The summed E-state index contributed by atoms with van der Waals surface area (Å²) in [5.41, 5.74) is 1.38. The van der Waals surface area contributed by atoms with Crippen molar-refractivity contribution in [3.05, 3.63) is 83.9 Å². The molecule has 0 fully saturated rings. The van der Waals surface area contributed by atoms with Crippen LogP contribution in [0.3, 0.4) is 0 Å². The van der Waals surface area contributed by atoms with E-state index in [4.69, 9.17) is 9.47 Å². The molecule has 30 heavy (non-hydrogen) atoms. The van der Waals surface area contributed by atoms with Gasteiger partial charge in [0, 0.05) is 23.4 Å². The Kier molecular flexibility index (Phi) is 6.58. The molecule has 0 atom stereocenters. The molecule has 0 unspecified atom stereocenters. The zero-order chi connectivity index (χ0) is 21.6. The largest absolute Gasteiger partial charge is 0.493 e. The van der Waals surface area contributed by atoms with Crippen LogP contribution in [0.4, 0.5) is 5.69 Å². The van der Waals surface area contributed by atoms with E-state index in [-0.39, 0.29) is 17.3 Å². The number of methoxy groups -OCH3 is 2. The number of ether oxygens (including phenoxy) is 2. The zero-order valence-corrected chi connectivity index (χ0v) is 17.4. The van der Waals surface area contributed by atoms with Crippen molar-refractivity contribution in [1.82, 2.24) is 5.32 Å². The first-order chi connectivity index (χ1) is 14.4. The highest BCUT2D eigenvalue weighted by atomic mass is 32.2. The van der Waals surface area contributed by atoms with Gasteiger partial charge in [-0.2, -0.15) is 0 Å². The van der Waals surface area contributed by atoms with Gasteiger partial charge >= 0.3 is 0 Å². The molecule has 0 saturated heterocycles. The van der Waals surface area contributed by atoms with Gasteiger partial charge < -0.3 is 14.8 Å². The van der Waals surface area contributed by atoms with Crippen LogP contribution >= 0.6 is 0 Å². The molecule has 8 heteroatoms. The number of benzene rings is 3. The summed E-state index contributed by atoms with van der Waals surface area (Å²) in [5.74, 6) is 0.770. The van der Waals surface area contributed by atoms with Crippen LogP contribution in [0.15, 0.2) is 77.7 Å². The number of amides is 1. The van der Waals surface area contributed by atoms with Crippen molar-refractivity contribution >= 4 is 21.6 Å². The number of sulfonamides is 1. The molecular formula is C22H22N2O5S. The van der Waals surface area contributed by atoms with E-state index in [1.54, 1.807) is 49.6 Å². The fraction of sp³-hybridized carbons (Fsp3) is 0.136. The molecule has 0 bridgehead atoms. The molecule has 7 nitrogen and oxygen atoms in total. The smallest absolute Gasteiger partial charge is 0.261 e. The van der Waals surface area contributed by atoms with E-state index in [9.17, 15) is 13.2 Å². The molecule has 0 radical (unpaired) electrons. The van der Waals surface area contributed by atoms with Gasteiger partial charge in [-0.3, -0.25) is 9.52 Å². The fourth-order valence-corrected chi connectivity index (χ4v) is 3.98. The van der Waals surface area contributed by atoms with E-state index in [1.807, 2.05) is 12.1 Å². The summed E-state index contributed by atoms with van der Waals surface area (Å²) in [7, 11) is -0.663. The van der Waals surface area contributed by atoms with Crippen LogP contribution < -0.4 is 19.5 Å². The van der Waals surface area contributed by atoms with Gasteiger partial charge in [-0.25, -0.2) is 8.42 Å². The Morgan fingerprint density at radius 1 is 0.900 bits per heavy atom. The maximum Gasteiger partial charge on any atom is 0.261 e. The molecule has 0 aliphatic rings. The topological polar surface area (TPSA) is 93.7 Å². The van der Waals surface area contributed by atoms with Crippen molar-refractivity contribution in [2.45, 2.75) is 11.4 Å². The third-order valence-corrected chi connectivity index (χ3v) is 5.75. The highest BCUT2D eigenvalue weighted by molar-refractivity contribution is 7.92. The Morgan fingerprint density at radius 3 is 2.33 bits per heavy atom. The van der Waals surface area contributed by atoms with Crippen molar-refractivity contribution in [2.75, 3.05) is 18.9 Å². The van der Waals surface area contributed by atoms with Crippen molar-refractivity contribution in [3.63, 3.8) is 0 Å². The highest BCUT2D eigenvalue weighted by Crippen LogP contribution is 2.30. The van der Waals surface area contributed by atoms with Gasteiger partial charge in [0.1, 0.15) is 0 Å². The molecule has 0 spiro atoms. The third-order valence-electron chi connectivity index (χ3n) is 4.35. The molecule has 1 amide bonds. The summed E-state index contributed by atoms with van der Waals surface area (Å²) in [6.07, 6.45) is 0. The monoisotopic (exact) mass is 426 g/mol. The number of hydrogen-bond donors (Lipinski definition) is 2. The third kappa shape index (κ3) is 4.90. The molecule has 0 aliphatic heterocycles. The predicted molar refractivity (Wildman–Crippen MR) is 114 cm³/mol. The first-order valence-electron chi connectivity index (χ1n) is 9.10. The molecule has 3 rings (SSSR count). The number of carbonyl (C=O) groups is 1. The van der Waals surface area contributed by atoms with Crippen LogP contribution in [0.2, 0.25) is 0 Å². The minimum Gasteiger partial charge on any atom is -0.493 e. The lowest BCUT2D eigenvalue weighted by Gasteiger charge is -2.13. The molecule has 0 aliphatic carbocycles. The number of nitrogens with one attached hydrogen (secondary N) is 2. The maximum atomic E-state index is 12.6. The fourth-order valence-electron chi connectivity index (χ4n) is 2.91. The summed E-state index contributed by atoms with van der Waals surface area (Å²) < 4.78 is 38.1. The van der Waals surface area contributed by atoms with Crippen LogP contribution in [0.25, 0.3) is 0 Å². The second kappa shape index (κ2) is 9.32. The van der Waals surface area contributed by atoms with Crippen molar-refractivity contribution in [2.24, 2.45) is 0 Å². The van der Waals surface area contributed by atoms with E-state index in [1.165, 1.54) is 25.3 Å². The molecule has 0 saturated carbocycles. The van der Waals surface area contributed by atoms with Crippen LogP contribution in [0.5, 0.6) is 11.5 Å². The van der Waals surface area contributed by atoms with E-state index in [0.29, 0.717) is 22.7 Å². The summed E-state index contributed by atoms with van der Waals surface area (Å²) in [5, 5.41) is 2.81. The maximum absolute atomic E-state index is 12.6. The first kappa shape index (κ1) is 21.2. The Labute approximate surface area is 175 Å². The Bertz CT molecular complexity index is 1130. The Morgan fingerprint density at radius 2 is 1.63 bits per heavy atom.